The summed E-state index contributed by atoms with van der Waals surface area (Å²) in [6.45, 7) is 1.89. The fourth-order valence-electron chi connectivity index (χ4n) is 3.13. The molecule has 0 heterocycles. The quantitative estimate of drug-likeness (QED) is 0.551. The lowest BCUT2D eigenvalue weighted by molar-refractivity contribution is 0.101. The second-order valence-electron chi connectivity index (χ2n) is 6.61. The predicted molar refractivity (Wildman–Crippen MR) is 107 cm³/mol. The monoisotopic (exact) mass is 360 g/mol. The lowest BCUT2D eigenvalue weighted by atomic mass is 9.99. The van der Waals surface area contributed by atoms with Crippen molar-refractivity contribution in [2.45, 2.75) is 32.8 Å². The van der Waals surface area contributed by atoms with E-state index in [1.165, 1.54) is 12.5 Å². The number of carbonyl (C=O) groups is 1. The molecule has 1 N–H and O–H groups in total. The van der Waals surface area contributed by atoms with Gasteiger partial charge >= 0.3 is 0 Å². The van der Waals surface area contributed by atoms with Crippen molar-refractivity contribution in [2.24, 2.45) is 0 Å². The van der Waals surface area contributed by atoms with Crippen molar-refractivity contribution >= 4 is 5.78 Å². The van der Waals surface area contributed by atoms with Crippen molar-refractivity contribution in [1.29, 1.82) is 0 Å². The number of aryl methyl sites for hydroxylation is 1. The van der Waals surface area contributed by atoms with Gasteiger partial charge in [0.1, 0.15) is 18.1 Å². The molecule has 27 heavy (non-hydrogen) atoms. The highest BCUT2D eigenvalue weighted by molar-refractivity contribution is 5.97. The first-order valence-electron chi connectivity index (χ1n) is 9.21. The topological polar surface area (TPSA) is 46.5 Å². The summed E-state index contributed by atoms with van der Waals surface area (Å²) < 4.78 is 5.97. The van der Waals surface area contributed by atoms with E-state index in [2.05, 4.69) is 12.1 Å². The number of phenolic OH excluding ortho intramolecular Hbond substituents is 1. The van der Waals surface area contributed by atoms with E-state index < -0.39 is 0 Å². The zero-order valence-corrected chi connectivity index (χ0v) is 15.5. The third kappa shape index (κ3) is 4.98. The number of carbonyl (C=O) groups excluding carboxylic acids is 1. The number of phenols is 1. The molecule has 3 aromatic carbocycles. The van der Waals surface area contributed by atoms with Crippen molar-refractivity contribution in [3.8, 4) is 11.5 Å². The van der Waals surface area contributed by atoms with Crippen LogP contribution in [0.1, 0.15) is 40.4 Å². The Morgan fingerprint density at radius 1 is 0.852 bits per heavy atom. The summed E-state index contributed by atoms with van der Waals surface area (Å²) in [4.78, 5) is 11.8. The number of aromatic hydroxyl groups is 1. The van der Waals surface area contributed by atoms with Crippen LogP contribution in [0, 0.1) is 0 Å². The Balaban J connectivity index is 1.77. The molecule has 0 aliphatic heterocycles. The number of benzene rings is 3. The van der Waals surface area contributed by atoms with E-state index in [1.807, 2.05) is 48.5 Å². The number of ketones is 1. The Labute approximate surface area is 160 Å². The molecule has 0 radical (unpaired) electrons. The van der Waals surface area contributed by atoms with E-state index >= 15 is 0 Å². The Bertz CT molecular complexity index is 886. The molecule has 0 atom stereocenters. The van der Waals surface area contributed by atoms with E-state index in [9.17, 15) is 9.90 Å². The average Bonchev–Trinajstić information content (AvgIpc) is 2.69. The molecule has 0 fully saturated rings. The van der Waals surface area contributed by atoms with Gasteiger partial charge in [-0.3, -0.25) is 4.79 Å². The van der Waals surface area contributed by atoms with Gasteiger partial charge in [-0.05, 0) is 49.4 Å². The number of ether oxygens (including phenoxy) is 1. The van der Waals surface area contributed by atoms with E-state index in [0.717, 1.165) is 18.4 Å². The van der Waals surface area contributed by atoms with Crippen molar-refractivity contribution in [1.82, 2.24) is 0 Å². The van der Waals surface area contributed by atoms with Crippen molar-refractivity contribution in [3.05, 3.63) is 95.1 Å². The average molecular weight is 360 g/mol. The highest BCUT2D eigenvalue weighted by Crippen LogP contribution is 2.33. The van der Waals surface area contributed by atoms with Gasteiger partial charge in [0.2, 0.25) is 0 Å². The molecular formula is C24H24O3. The lowest BCUT2D eigenvalue weighted by Gasteiger charge is -2.15. The van der Waals surface area contributed by atoms with Crippen molar-refractivity contribution in [2.75, 3.05) is 0 Å². The van der Waals surface area contributed by atoms with E-state index in [4.69, 9.17) is 4.74 Å². The van der Waals surface area contributed by atoms with Crippen LogP contribution < -0.4 is 4.74 Å². The number of hydrogen-bond acceptors (Lipinski definition) is 3. The smallest absolute Gasteiger partial charge is 0.163 e. The Morgan fingerprint density at radius 3 is 2.11 bits per heavy atom. The van der Waals surface area contributed by atoms with Gasteiger partial charge in [0.05, 0.1) is 5.56 Å². The fourth-order valence-corrected chi connectivity index (χ4v) is 3.13. The molecule has 3 aromatic rings. The highest BCUT2D eigenvalue weighted by atomic mass is 16.5. The summed E-state index contributed by atoms with van der Waals surface area (Å²) in [5, 5.41) is 10.6. The molecular weight excluding hydrogens is 336 g/mol. The zero-order valence-electron chi connectivity index (χ0n) is 15.5. The standard InChI is InChI=1S/C24H24O3/c1-18(25)21-15-16-23(27-17-20-11-6-3-7-12-20)22(24(21)26)14-8-13-19-9-4-2-5-10-19/h2-7,9-12,15-16,26H,8,13-14,17H2,1H3. The SMILES string of the molecule is CC(=O)c1ccc(OCc2ccccc2)c(CCCc2ccccc2)c1O. The van der Waals surface area contributed by atoms with Crippen LogP contribution in [-0.4, -0.2) is 10.9 Å². The summed E-state index contributed by atoms with van der Waals surface area (Å²) in [6.07, 6.45) is 2.41. The molecule has 3 heteroatoms. The van der Waals surface area contributed by atoms with Gasteiger partial charge in [-0.15, -0.1) is 0 Å². The fraction of sp³-hybridized carbons (Fsp3) is 0.208. The van der Waals surface area contributed by atoms with Crippen molar-refractivity contribution < 1.29 is 14.6 Å². The highest BCUT2D eigenvalue weighted by Gasteiger charge is 2.16. The van der Waals surface area contributed by atoms with E-state index in [-0.39, 0.29) is 11.5 Å². The maximum atomic E-state index is 11.8. The van der Waals surface area contributed by atoms with Gasteiger partial charge in [-0.1, -0.05) is 60.7 Å². The van der Waals surface area contributed by atoms with Crippen molar-refractivity contribution in [3.63, 3.8) is 0 Å². The molecule has 0 saturated carbocycles. The first-order chi connectivity index (χ1) is 13.1. The van der Waals surface area contributed by atoms with E-state index in [1.54, 1.807) is 12.1 Å². The third-order valence-electron chi connectivity index (χ3n) is 4.59. The summed E-state index contributed by atoms with van der Waals surface area (Å²) in [5.74, 6) is 0.530. The van der Waals surface area contributed by atoms with Crippen LogP contribution in [0.25, 0.3) is 0 Å². The molecule has 0 bridgehead atoms. The van der Waals surface area contributed by atoms with Crippen LogP contribution in [0.4, 0.5) is 0 Å². The zero-order chi connectivity index (χ0) is 19.1. The Hall–Kier alpha value is -3.07. The summed E-state index contributed by atoms with van der Waals surface area (Å²) in [5.41, 5.74) is 3.36. The Kier molecular flexibility index (Phi) is 6.26. The van der Waals surface area contributed by atoms with Gasteiger partial charge < -0.3 is 9.84 Å². The summed E-state index contributed by atoms with van der Waals surface area (Å²) >= 11 is 0. The molecule has 138 valence electrons. The molecule has 0 spiro atoms. The van der Waals surface area contributed by atoms with Gasteiger partial charge in [-0.2, -0.15) is 0 Å². The van der Waals surface area contributed by atoms with E-state index in [0.29, 0.717) is 29.9 Å². The van der Waals surface area contributed by atoms with Gasteiger partial charge in [0, 0.05) is 5.56 Å². The number of hydrogen-bond donors (Lipinski definition) is 1. The molecule has 0 aromatic heterocycles. The van der Waals surface area contributed by atoms with Gasteiger partial charge in [-0.25, -0.2) is 0 Å². The third-order valence-corrected chi connectivity index (χ3v) is 4.59. The minimum atomic E-state index is -0.147. The first kappa shape index (κ1) is 18.7. The first-order valence-corrected chi connectivity index (χ1v) is 9.21. The Morgan fingerprint density at radius 2 is 1.48 bits per heavy atom. The summed E-state index contributed by atoms with van der Waals surface area (Å²) in [6, 6.07) is 23.6. The lowest BCUT2D eigenvalue weighted by Crippen LogP contribution is -2.03. The normalized spacial score (nSPS) is 10.6. The molecule has 3 rings (SSSR count). The minimum Gasteiger partial charge on any atom is -0.507 e. The second kappa shape index (κ2) is 9.04. The number of Topliss-reactive ketones (excluding diaryl/α,β-unsaturated/α-hetero) is 1. The van der Waals surface area contributed by atoms with Crippen LogP contribution in [0.3, 0.4) is 0 Å². The molecule has 0 aliphatic rings. The summed E-state index contributed by atoms with van der Waals surface area (Å²) in [7, 11) is 0. The second-order valence-corrected chi connectivity index (χ2v) is 6.61. The van der Waals surface area contributed by atoms with Crippen LogP contribution in [-0.2, 0) is 19.4 Å². The molecule has 0 aliphatic carbocycles. The van der Waals surface area contributed by atoms with Crippen LogP contribution >= 0.6 is 0 Å². The molecule has 0 saturated heterocycles. The molecule has 3 nitrogen and oxygen atoms in total. The maximum absolute atomic E-state index is 11.8. The van der Waals surface area contributed by atoms with Crippen LogP contribution in [0.2, 0.25) is 0 Å². The molecule has 0 unspecified atom stereocenters. The van der Waals surface area contributed by atoms with Gasteiger partial charge in [0.25, 0.3) is 0 Å². The van der Waals surface area contributed by atoms with Crippen LogP contribution in [0.5, 0.6) is 11.5 Å². The molecule has 0 amide bonds. The predicted octanol–water partition coefficient (Wildman–Crippen LogP) is 5.35. The largest absolute Gasteiger partial charge is 0.507 e. The van der Waals surface area contributed by atoms with Crippen LogP contribution in [0.15, 0.2) is 72.8 Å². The van der Waals surface area contributed by atoms with Gasteiger partial charge in [0.15, 0.2) is 5.78 Å². The number of rotatable bonds is 8. The minimum absolute atomic E-state index is 0.0427. The maximum Gasteiger partial charge on any atom is 0.163 e.